The number of aromatic amines is 1. The summed E-state index contributed by atoms with van der Waals surface area (Å²) in [5.74, 6) is 0. The van der Waals surface area contributed by atoms with Crippen LogP contribution in [0.1, 0.15) is 32.0 Å². The molecule has 0 saturated heterocycles. The van der Waals surface area contributed by atoms with Gasteiger partial charge in [0, 0.05) is 24.4 Å². The molecule has 0 fully saturated rings. The van der Waals surface area contributed by atoms with Crippen molar-refractivity contribution in [2.45, 2.75) is 44.9 Å². The first kappa shape index (κ1) is 16.1. The van der Waals surface area contributed by atoms with Crippen LogP contribution in [-0.4, -0.2) is 42.5 Å². The number of ether oxygens (including phenoxy) is 1. The highest BCUT2D eigenvalue weighted by Crippen LogP contribution is 2.17. The Balaban J connectivity index is 2.87. The monoisotopic (exact) mass is 291 g/mol. The Labute approximate surface area is 113 Å². The Morgan fingerprint density at radius 1 is 1.47 bits per heavy atom. The van der Waals surface area contributed by atoms with Crippen LogP contribution < -0.4 is 4.72 Å². The van der Waals surface area contributed by atoms with E-state index in [1.807, 2.05) is 6.92 Å². The number of aliphatic hydroxyl groups excluding tert-OH is 1. The molecule has 0 spiro atoms. The Hall–Kier alpha value is -0.960. The molecule has 0 saturated carbocycles. The summed E-state index contributed by atoms with van der Waals surface area (Å²) in [6.45, 7) is 7.33. The molecule has 1 rings (SSSR count). The molecule has 1 aromatic rings. The Morgan fingerprint density at radius 3 is 2.63 bits per heavy atom. The van der Waals surface area contributed by atoms with Gasteiger partial charge in [0.15, 0.2) is 5.03 Å². The SMILES string of the molecule is CCOC(C)(C)CNS(=O)(=O)c1n[nH]c(C)c1CO. The molecule has 0 aliphatic heterocycles. The van der Waals surface area contributed by atoms with E-state index in [1.165, 1.54) is 0 Å². The van der Waals surface area contributed by atoms with Gasteiger partial charge in [-0.15, -0.1) is 0 Å². The molecule has 0 aliphatic carbocycles. The van der Waals surface area contributed by atoms with Crippen LogP contribution in [-0.2, 0) is 21.4 Å². The van der Waals surface area contributed by atoms with E-state index in [2.05, 4.69) is 14.9 Å². The van der Waals surface area contributed by atoms with E-state index >= 15 is 0 Å². The van der Waals surface area contributed by atoms with Crippen LogP contribution in [0.5, 0.6) is 0 Å². The predicted octanol–water partition coefficient (Wildman–Crippen LogP) is 0.304. The van der Waals surface area contributed by atoms with E-state index in [0.717, 1.165) is 0 Å². The number of hydrogen-bond acceptors (Lipinski definition) is 5. The minimum atomic E-state index is -3.77. The topological polar surface area (TPSA) is 104 Å². The van der Waals surface area contributed by atoms with Crippen molar-refractivity contribution in [2.75, 3.05) is 13.2 Å². The molecule has 0 amide bonds. The van der Waals surface area contributed by atoms with Gasteiger partial charge in [-0.25, -0.2) is 13.1 Å². The second kappa shape index (κ2) is 6.00. The average Bonchev–Trinajstić information content (AvgIpc) is 2.69. The molecule has 3 N–H and O–H groups in total. The van der Waals surface area contributed by atoms with E-state index < -0.39 is 15.6 Å². The summed E-state index contributed by atoms with van der Waals surface area (Å²) >= 11 is 0. The van der Waals surface area contributed by atoms with E-state index in [9.17, 15) is 13.5 Å². The summed E-state index contributed by atoms with van der Waals surface area (Å²) in [5.41, 5.74) is 0.209. The van der Waals surface area contributed by atoms with E-state index in [-0.39, 0.29) is 23.7 Å². The number of sulfonamides is 1. The molecular formula is C11H21N3O4S. The molecule has 1 aromatic heterocycles. The zero-order valence-electron chi connectivity index (χ0n) is 11.6. The lowest BCUT2D eigenvalue weighted by atomic mass is 10.1. The standard InChI is InChI=1S/C11H21N3O4S/c1-5-18-11(3,4)7-12-19(16,17)10-9(6-15)8(2)13-14-10/h12,15H,5-7H2,1-4H3,(H,13,14). The molecule has 110 valence electrons. The smallest absolute Gasteiger partial charge is 0.260 e. The van der Waals surface area contributed by atoms with Gasteiger partial charge in [-0.1, -0.05) is 0 Å². The summed E-state index contributed by atoms with van der Waals surface area (Å²) in [6, 6.07) is 0. The minimum absolute atomic E-state index is 0.125. The average molecular weight is 291 g/mol. The summed E-state index contributed by atoms with van der Waals surface area (Å²) in [7, 11) is -3.77. The molecule has 0 aromatic carbocycles. The van der Waals surface area contributed by atoms with E-state index in [4.69, 9.17) is 4.74 Å². The highest BCUT2D eigenvalue weighted by Gasteiger charge is 2.26. The van der Waals surface area contributed by atoms with Crippen LogP contribution in [0.3, 0.4) is 0 Å². The fourth-order valence-electron chi connectivity index (χ4n) is 1.62. The summed E-state index contributed by atoms with van der Waals surface area (Å²) in [4.78, 5) is 0. The molecule has 0 atom stereocenters. The molecule has 0 radical (unpaired) electrons. The highest BCUT2D eigenvalue weighted by atomic mass is 32.2. The molecule has 19 heavy (non-hydrogen) atoms. The van der Waals surface area contributed by atoms with Gasteiger partial charge in [0.25, 0.3) is 10.0 Å². The summed E-state index contributed by atoms with van der Waals surface area (Å²) in [6.07, 6.45) is 0. The number of rotatable bonds is 7. The van der Waals surface area contributed by atoms with Crippen molar-refractivity contribution in [1.82, 2.24) is 14.9 Å². The maximum absolute atomic E-state index is 12.1. The second-order valence-corrected chi connectivity index (χ2v) is 6.49. The van der Waals surface area contributed by atoms with Gasteiger partial charge in [-0.2, -0.15) is 5.10 Å². The van der Waals surface area contributed by atoms with Crippen LogP contribution >= 0.6 is 0 Å². The second-order valence-electron chi connectivity index (χ2n) is 4.81. The quantitative estimate of drug-likeness (QED) is 0.670. The fourth-order valence-corrected chi connectivity index (χ4v) is 3.00. The van der Waals surface area contributed by atoms with E-state index in [1.54, 1.807) is 20.8 Å². The van der Waals surface area contributed by atoms with Crippen molar-refractivity contribution in [3.8, 4) is 0 Å². The van der Waals surface area contributed by atoms with Gasteiger partial charge in [0.05, 0.1) is 12.2 Å². The lowest BCUT2D eigenvalue weighted by molar-refractivity contribution is -0.00516. The van der Waals surface area contributed by atoms with Crippen LogP contribution in [0.15, 0.2) is 5.03 Å². The van der Waals surface area contributed by atoms with Crippen molar-refractivity contribution in [2.24, 2.45) is 0 Å². The maximum atomic E-state index is 12.1. The Bertz CT molecular complexity index is 522. The molecule has 7 nitrogen and oxygen atoms in total. The van der Waals surface area contributed by atoms with Crippen LogP contribution in [0.25, 0.3) is 0 Å². The molecule has 0 aliphatic rings. The lowest BCUT2D eigenvalue weighted by Gasteiger charge is -2.24. The van der Waals surface area contributed by atoms with Gasteiger partial charge in [-0.05, 0) is 27.7 Å². The van der Waals surface area contributed by atoms with Crippen molar-refractivity contribution in [3.05, 3.63) is 11.3 Å². The lowest BCUT2D eigenvalue weighted by Crippen LogP contribution is -2.40. The third-order valence-corrected chi connectivity index (χ3v) is 4.04. The minimum Gasteiger partial charge on any atom is -0.392 e. The predicted molar refractivity (Wildman–Crippen MR) is 70.1 cm³/mol. The first-order valence-corrected chi connectivity index (χ1v) is 7.50. The van der Waals surface area contributed by atoms with Gasteiger partial charge >= 0.3 is 0 Å². The zero-order chi connectivity index (χ0) is 14.7. The number of aryl methyl sites for hydroxylation is 1. The Kier molecular flexibility index (Phi) is 5.08. The van der Waals surface area contributed by atoms with Crippen molar-refractivity contribution >= 4 is 10.0 Å². The molecule has 1 heterocycles. The zero-order valence-corrected chi connectivity index (χ0v) is 12.5. The fraction of sp³-hybridized carbons (Fsp3) is 0.727. The Morgan fingerprint density at radius 2 is 2.11 bits per heavy atom. The van der Waals surface area contributed by atoms with Crippen molar-refractivity contribution < 1.29 is 18.3 Å². The third kappa shape index (κ3) is 4.00. The van der Waals surface area contributed by atoms with Gasteiger partial charge in [0.1, 0.15) is 0 Å². The number of hydrogen-bond donors (Lipinski definition) is 3. The summed E-state index contributed by atoms with van der Waals surface area (Å²) in [5, 5.41) is 15.3. The van der Waals surface area contributed by atoms with Crippen LogP contribution in [0.4, 0.5) is 0 Å². The van der Waals surface area contributed by atoms with Crippen molar-refractivity contribution in [3.63, 3.8) is 0 Å². The third-order valence-electron chi connectivity index (χ3n) is 2.67. The van der Waals surface area contributed by atoms with Gasteiger partial charge in [-0.3, -0.25) is 5.10 Å². The number of aliphatic hydroxyl groups is 1. The highest BCUT2D eigenvalue weighted by molar-refractivity contribution is 7.89. The van der Waals surface area contributed by atoms with Crippen LogP contribution in [0, 0.1) is 6.92 Å². The van der Waals surface area contributed by atoms with Crippen LogP contribution in [0.2, 0.25) is 0 Å². The molecule has 8 heteroatoms. The van der Waals surface area contributed by atoms with Crippen molar-refractivity contribution in [1.29, 1.82) is 0 Å². The van der Waals surface area contributed by atoms with Gasteiger partial charge in [0.2, 0.25) is 0 Å². The first-order valence-electron chi connectivity index (χ1n) is 6.02. The number of nitrogens with one attached hydrogen (secondary N) is 2. The van der Waals surface area contributed by atoms with E-state index in [0.29, 0.717) is 12.3 Å². The maximum Gasteiger partial charge on any atom is 0.260 e. The summed E-state index contributed by atoms with van der Waals surface area (Å²) < 4.78 is 32.1. The van der Waals surface area contributed by atoms with Gasteiger partial charge < -0.3 is 9.84 Å². The first-order chi connectivity index (χ1) is 8.73. The molecular weight excluding hydrogens is 270 g/mol. The largest absolute Gasteiger partial charge is 0.392 e. The number of nitrogens with zero attached hydrogens (tertiary/aromatic N) is 1. The molecule has 0 bridgehead atoms. The molecule has 0 unspecified atom stereocenters. The number of H-pyrrole nitrogens is 1. The normalized spacial score (nSPS) is 12.9. The number of aromatic nitrogens is 2.